The lowest BCUT2D eigenvalue weighted by Gasteiger charge is -1.82. The molecule has 0 saturated heterocycles. The molecular weight excluding hydrogens is 92.1 g/mol. The molecule has 0 aromatic heterocycles. The lowest BCUT2D eigenvalue weighted by Crippen LogP contribution is -2.12. The summed E-state index contributed by atoms with van der Waals surface area (Å²) >= 11 is 0. The lowest BCUT2D eigenvalue weighted by atomic mass is 10.7. The summed E-state index contributed by atoms with van der Waals surface area (Å²) in [5, 5.41) is 2.42. The second-order valence-electron chi connectivity index (χ2n) is 0.967. The predicted octanol–water partition coefficient (Wildman–Crippen LogP) is -0.567. The third-order valence-corrected chi connectivity index (χ3v) is 0.475. The van der Waals surface area contributed by atoms with Crippen molar-refractivity contribution in [2.24, 2.45) is 4.99 Å². The summed E-state index contributed by atoms with van der Waals surface area (Å²) in [6.07, 6.45) is 2.26. The summed E-state index contributed by atoms with van der Waals surface area (Å²) < 4.78 is 0. The SMILES string of the molecule is C/N=C\CNC=O. The van der Waals surface area contributed by atoms with E-state index >= 15 is 0 Å². The predicted molar refractivity (Wildman–Crippen MR) is 28.5 cm³/mol. The van der Waals surface area contributed by atoms with Crippen molar-refractivity contribution in [3.05, 3.63) is 0 Å². The van der Waals surface area contributed by atoms with E-state index in [0.29, 0.717) is 13.0 Å². The summed E-state index contributed by atoms with van der Waals surface area (Å²) in [4.78, 5) is 13.1. The molecular formula is C4H8N2O. The van der Waals surface area contributed by atoms with Gasteiger partial charge in [-0.05, 0) is 0 Å². The molecule has 0 aliphatic rings. The van der Waals surface area contributed by atoms with E-state index in [9.17, 15) is 4.79 Å². The number of nitrogens with one attached hydrogen (secondary N) is 1. The van der Waals surface area contributed by atoms with Crippen molar-refractivity contribution in [3.8, 4) is 0 Å². The van der Waals surface area contributed by atoms with E-state index in [4.69, 9.17) is 0 Å². The molecule has 0 bridgehead atoms. The molecule has 1 amide bonds. The van der Waals surface area contributed by atoms with E-state index in [1.165, 1.54) is 0 Å². The number of amides is 1. The first kappa shape index (κ1) is 6.14. The van der Waals surface area contributed by atoms with Gasteiger partial charge in [-0.3, -0.25) is 9.79 Å². The molecule has 0 aromatic rings. The van der Waals surface area contributed by atoms with Crippen LogP contribution in [0.5, 0.6) is 0 Å². The standard InChI is InChI=1S/C4H8N2O/c1-5-2-3-6-4-7/h2,4H,3H2,1H3,(H,6,7)/b5-2-. The Hall–Kier alpha value is -0.860. The molecule has 0 heterocycles. The van der Waals surface area contributed by atoms with E-state index in [0.717, 1.165) is 0 Å². The zero-order chi connectivity index (χ0) is 5.54. The molecule has 3 nitrogen and oxygen atoms in total. The Bertz CT molecular complexity index is 70.1. The van der Waals surface area contributed by atoms with E-state index in [1.54, 1.807) is 13.3 Å². The van der Waals surface area contributed by atoms with Crippen LogP contribution < -0.4 is 5.32 Å². The van der Waals surface area contributed by atoms with Gasteiger partial charge < -0.3 is 5.32 Å². The molecule has 0 saturated carbocycles. The summed E-state index contributed by atoms with van der Waals surface area (Å²) in [6, 6.07) is 0. The van der Waals surface area contributed by atoms with Gasteiger partial charge in [0.1, 0.15) is 0 Å². The van der Waals surface area contributed by atoms with Gasteiger partial charge in [0.2, 0.25) is 6.41 Å². The summed E-state index contributed by atoms with van der Waals surface area (Å²) in [5.41, 5.74) is 0. The van der Waals surface area contributed by atoms with Crippen molar-refractivity contribution < 1.29 is 4.79 Å². The van der Waals surface area contributed by atoms with Gasteiger partial charge in [-0.15, -0.1) is 0 Å². The number of hydrogen-bond acceptors (Lipinski definition) is 2. The smallest absolute Gasteiger partial charge is 0.207 e. The number of nitrogens with zero attached hydrogens (tertiary/aromatic N) is 1. The lowest BCUT2D eigenvalue weighted by molar-refractivity contribution is -0.109. The third kappa shape index (κ3) is 5.14. The van der Waals surface area contributed by atoms with Gasteiger partial charge in [0.15, 0.2) is 0 Å². The minimum absolute atomic E-state index is 0.528. The molecule has 0 unspecified atom stereocenters. The first-order valence-corrected chi connectivity index (χ1v) is 1.99. The molecule has 40 valence electrons. The Labute approximate surface area is 42.4 Å². The van der Waals surface area contributed by atoms with Gasteiger partial charge >= 0.3 is 0 Å². The fourth-order valence-electron chi connectivity index (χ4n) is 0.192. The zero-order valence-electron chi connectivity index (χ0n) is 4.22. The van der Waals surface area contributed by atoms with Crippen molar-refractivity contribution >= 4 is 12.6 Å². The second kappa shape index (κ2) is 5.14. The molecule has 1 N–H and O–H groups in total. The van der Waals surface area contributed by atoms with Gasteiger partial charge in [-0.1, -0.05) is 0 Å². The van der Waals surface area contributed by atoms with Gasteiger partial charge in [-0.25, -0.2) is 0 Å². The maximum atomic E-state index is 9.51. The van der Waals surface area contributed by atoms with Gasteiger partial charge in [-0.2, -0.15) is 0 Å². The van der Waals surface area contributed by atoms with Gasteiger partial charge in [0, 0.05) is 13.3 Å². The Kier molecular flexibility index (Phi) is 4.51. The molecule has 3 heteroatoms. The normalized spacial score (nSPS) is 9.29. The molecule has 0 rings (SSSR count). The molecule has 0 aliphatic carbocycles. The van der Waals surface area contributed by atoms with E-state index in [-0.39, 0.29) is 0 Å². The van der Waals surface area contributed by atoms with Crippen LogP contribution in [0.15, 0.2) is 4.99 Å². The monoisotopic (exact) mass is 100 g/mol. The molecule has 0 spiro atoms. The van der Waals surface area contributed by atoms with Crippen molar-refractivity contribution in [3.63, 3.8) is 0 Å². The minimum atomic E-state index is 0.528. The fraction of sp³-hybridized carbons (Fsp3) is 0.500. The average Bonchev–Trinajstić information content (AvgIpc) is 1.69. The Balaban J connectivity index is 2.82. The maximum absolute atomic E-state index is 9.51. The molecule has 0 fully saturated rings. The first-order chi connectivity index (χ1) is 3.41. The summed E-state index contributed by atoms with van der Waals surface area (Å²) in [6.45, 7) is 0.528. The second-order valence-corrected chi connectivity index (χ2v) is 0.967. The highest BCUT2D eigenvalue weighted by Crippen LogP contribution is 1.47. The van der Waals surface area contributed by atoms with E-state index in [1.807, 2.05) is 0 Å². The number of aliphatic imine (C=N–C) groups is 1. The highest BCUT2D eigenvalue weighted by Gasteiger charge is 1.67. The van der Waals surface area contributed by atoms with Crippen LogP contribution in [0.3, 0.4) is 0 Å². The number of carbonyl (C=O) groups is 1. The number of rotatable bonds is 3. The van der Waals surface area contributed by atoms with Crippen molar-refractivity contribution in [2.75, 3.05) is 13.6 Å². The molecule has 0 aromatic carbocycles. The van der Waals surface area contributed by atoms with Gasteiger partial charge in [0.25, 0.3) is 0 Å². The first-order valence-electron chi connectivity index (χ1n) is 1.99. The number of hydrogen-bond donors (Lipinski definition) is 1. The van der Waals surface area contributed by atoms with E-state index < -0.39 is 0 Å². The van der Waals surface area contributed by atoms with Crippen LogP contribution in [-0.2, 0) is 4.79 Å². The molecule has 0 radical (unpaired) electrons. The van der Waals surface area contributed by atoms with Gasteiger partial charge in [0.05, 0.1) is 6.54 Å². The number of carbonyl (C=O) groups excluding carboxylic acids is 1. The zero-order valence-corrected chi connectivity index (χ0v) is 4.22. The quantitative estimate of drug-likeness (QED) is 0.288. The van der Waals surface area contributed by atoms with Crippen LogP contribution >= 0.6 is 0 Å². The van der Waals surface area contributed by atoms with Crippen LogP contribution in [0.2, 0.25) is 0 Å². The average molecular weight is 100 g/mol. The molecule has 0 aliphatic heterocycles. The summed E-state index contributed by atoms with van der Waals surface area (Å²) in [5.74, 6) is 0. The van der Waals surface area contributed by atoms with Crippen molar-refractivity contribution in [2.45, 2.75) is 0 Å². The Morgan fingerprint density at radius 2 is 2.57 bits per heavy atom. The van der Waals surface area contributed by atoms with Crippen LogP contribution in [0.1, 0.15) is 0 Å². The summed E-state index contributed by atoms with van der Waals surface area (Å²) in [7, 11) is 1.66. The van der Waals surface area contributed by atoms with Crippen molar-refractivity contribution in [1.82, 2.24) is 5.32 Å². The maximum Gasteiger partial charge on any atom is 0.207 e. The highest BCUT2D eigenvalue weighted by atomic mass is 16.1. The fourth-order valence-corrected chi connectivity index (χ4v) is 0.192. The van der Waals surface area contributed by atoms with E-state index in [2.05, 4.69) is 10.3 Å². The topological polar surface area (TPSA) is 41.5 Å². The van der Waals surface area contributed by atoms with Crippen LogP contribution in [0, 0.1) is 0 Å². The highest BCUT2D eigenvalue weighted by molar-refractivity contribution is 5.63. The van der Waals surface area contributed by atoms with Crippen LogP contribution in [-0.4, -0.2) is 26.2 Å². The van der Waals surface area contributed by atoms with Crippen molar-refractivity contribution in [1.29, 1.82) is 0 Å². The third-order valence-electron chi connectivity index (χ3n) is 0.475. The molecule has 0 atom stereocenters. The minimum Gasteiger partial charge on any atom is -0.354 e. The van der Waals surface area contributed by atoms with Crippen LogP contribution in [0.25, 0.3) is 0 Å². The Morgan fingerprint density at radius 3 is 3.00 bits per heavy atom. The van der Waals surface area contributed by atoms with Crippen LogP contribution in [0.4, 0.5) is 0 Å². The molecule has 7 heavy (non-hydrogen) atoms. The largest absolute Gasteiger partial charge is 0.354 e. The Morgan fingerprint density at radius 1 is 1.86 bits per heavy atom.